The number of fused-ring (bicyclic) bond motifs is 1. The first-order chi connectivity index (χ1) is 16.7. The van der Waals surface area contributed by atoms with E-state index in [0.717, 1.165) is 61.8 Å². The number of allylic oxidation sites excluding steroid dienone is 1. The van der Waals surface area contributed by atoms with E-state index in [1.165, 1.54) is 12.0 Å². The fourth-order valence-electron chi connectivity index (χ4n) is 5.60. The van der Waals surface area contributed by atoms with E-state index < -0.39 is 0 Å². The van der Waals surface area contributed by atoms with Gasteiger partial charge in [0.1, 0.15) is 0 Å². The van der Waals surface area contributed by atoms with E-state index in [2.05, 4.69) is 30.3 Å². The smallest absolute Gasteiger partial charge is 0.309 e. The fraction of sp³-hybridized carbons (Fsp3) is 0.414. The molecule has 0 N–H and O–H groups in total. The molecule has 176 valence electrons. The summed E-state index contributed by atoms with van der Waals surface area (Å²) in [5, 5.41) is 6.47. The van der Waals surface area contributed by atoms with Crippen LogP contribution >= 0.6 is 0 Å². The van der Waals surface area contributed by atoms with Crippen LogP contribution in [0.5, 0.6) is 0 Å². The lowest BCUT2D eigenvalue weighted by molar-refractivity contribution is -0.157. The van der Waals surface area contributed by atoms with Crippen molar-refractivity contribution in [3.8, 4) is 0 Å². The molecule has 1 heterocycles. The zero-order valence-corrected chi connectivity index (χ0v) is 19.6. The monoisotopic (exact) mass is 456 g/mol. The van der Waals surface area contributed by atoms with Crippen molar-refractivity contribution in [2.24, 2.45) is 16.9 Å². The van der Waals surface area contributed by atoms with Gasteiger partial charge in [0.05, 0.1) is 17.7 Å². The van der Waals surface area contributed by atoms with Crippen molar-refractivity contribution >= 4 is 23.7 Å². The molecule has 0 radical (unpaired) electrons. The Bertz CT molecular complexity index is 1070. The number of amides is 1. The van der Waals surface area contributed by atoms with Gasteiger partial charge in [0.15, 0.2) is 6.61 Å². The van der Waals surface area contributed by atoms with Gasteiger partial charge in [-0.3, -0.25) is 9.59 Å². The van der Waals surface area contributed by atoms with Crippen LogP contribution in [0, 0.1) is 11.8 Å². The third-order valence-corrected chi connectivity index (χ3v) is 7.32. The molecule has 5 nitrogen and oxygen atoms in total. The summed E-state index contributed by atoms with van der Waals surface area (Å²) in [5.74, 6) is -0.416. The normalized spacial score (nSPS) is 23.9. The highest BCUT2D eigenvalue weighted by atomic mass is 16.5. The summed E-state index contributed by atoms with van der Waals surface area (Å²) in [6.45, 7) is -0.250. The van der Waals surface area contributed by atoms with Gasteiger partial charge >= 0.3 is 5.97 Å². The summed E-state index contributed by atoms with van der Waals surface area (Å²) >= 11 is 0. The number of esters is 1. The minimum Gasteiger partial charge on any atom is -0.455 e. The zero-order chi connectivity index (χ0) is 23.3. The molecule has 0 bridgehead atoms. The molecule has 2 aliphatic carbocycles. The number of ether oxygens (including phenoxy) is 1. The summed E-state index contributed by atoms with van der Waals surface area (Å²) in [6.07, 6.45) is 10.2. The van der Waals surface area contributed by atoms with Crippen LogP contribution in [-0.4, -0.2) is 29.2 Å². The molecule has 1 aliphatic heterocycles. The maximum Gasteiger partial charge on any atom is 0.309 e. The van der Waals surface area contributed by atoms with E-state index in [9.17, 15) is 9.59 Å². The largest absolute Gasteiger partial charge is 0.455 e. The molecule has 2 fully saturated rings. The highest BCUT2D eigenvalue weighted by Crippen LogP contribution is 2.44. The molecule has 0 aromatic heterocycles. The number of rotatable bonds is 5. The Morgan fingerprint density at radius 1 is 0.912 bits per heavy atom. The molecule has 0 spiro atoms. The number of benzene rings is 2. The first-order valence-electron chi connectivity index (χ1n) is 12.6. The van der Waals surface area contributed by atoms with Crippen LogP contribution in [0.15, 0.2) is 71.3 Å². The number of hydrogen-bond donors (Lipinski definition) is 0. The lowest BCUT2D eigenvalue weighted by atomic mass is 9.77. The van der Waals surface area contributed by atoms with E-state index in [1.54, 1.807) is 5.01 Å². The second kappa shape index (κ2) is 10.4. The van der Waals surface area contributed by atoms with E-state index in [0.29, 0.717) is 0 Å². The molecule has 0 saturated heterocycles. The van der Waals surface area contributed by atoms with Crippen molar-refractivity contribution < 1.29 is 14.3 Å². The second-order valence-electron chi connectivity index (χ2n) is 9.60. The van der Waals surface area contributed by atoms with Crippen LogP contribution in [0.1, 0.15) is 68.5 Å². The molecular formula is C29H32N2O3. The molecule has 1 amide bonds. The van der Waals surface area contributed by atoms with E-state index >= 15 is 0 Å². The third-order valence-electron chi connectivity index (χ3n) is 7.32. The molecule has 34 heavy (non-hydrogen) atoms. The van der Waals surface area contributed by atoms with E-state index in [1.807, 2.05) is 36.4 Å². The minimum atomic E-state index is -0.251. The summed E-state index contributed by atoms with van der Waals surface area (Å²) < 4.78 is 5.50. The second-order valence-corrected chi connectivity index (χ2v) is 9.60. The Balaban J connectivity index is 1.39. The molecular weight excluding hydrogens is 424 g/mol. The highest BCUT2D eigenvalue weighted by Gasteiger charge is 2.43. The molecule has 2 saturated carbocycles. The Labute approximate surface area is 201 Å². The van der Waals surface area contributed by atoms with Gasteiger partial charge in [-0.1, -0.05) is 79.9 Å². The summed E-state index contributed by atoms with van der Waals surface area (Å²) in [7, 11) is 0. The van der Waals surface area contributed by atoms with Crippen molar-refractivity contribution in [2.75, 3.05) is 6.61 Å². The Kier molecular flexibility index (Phi) is 6.89. The molecule has 5 rings (SSSR count). The first kappa shape index (κ1) is 22.6. The van der Waals surface area contributed by atoms with Crippen LogP contribution in [0.25, 0.3) is 6.08 Å². The summed E-state index contributed by atoms with van der Waals surface area (Å²) in [6, 6.07) is 20.2. The van der Waals surface area contributed by atoms with Crippen molar-refractivity contribution in [3.05, 3.63) is 77.4 Å². The van der Waals surface area contributed by atoms with Crippen LogP contribution in [0.2, 0.25) is 0 Å². The maximum absolute atomic E-state index is 13.3. The van der Waals surface area contributed by atoms with Gasteiger partial charge in [-0.15, -0.1) is 0 Å². The van der Waals surface area contributed by atoms with Crippen molar-refractivity contribution in [3.63, 3.8) is 0 Å². The molecule has 5 heteroatoms. The summed E-state index contributed by atoms with van der Waals surface area (Å²) in [5.41, 5.74) is 4.40. The van der Waals surface area contributed by atoms with Crippen molar-refractivity contribution in [2.45, 2.75) is 57.4 Å². The Hall–Kier alpha value is -3.21. The minimum absolute atomic E-state index is 0.0700. The van der Waals surface area contributed by atoms with Crippen LogP contribution in [-0.2, 0) is 14.3 Å². The Morgan fingerprint density at radius 2 is 1.62 bits per heavy atom. The molecule has 2 atom stereocenters. The van der Waals surface area contributed by atoms with Gasteiger partial charge in [-0.05, 0) is 54.9 Å². The van der Waals surface area contributed by atoms with Crippen molar-refractivity contribution in [1.82, 2.24) is 5.01 Å². The number of carbonyl (C=O) groups excluding carboxylic acids is 2. The predicted molar refractivity (Wildman–Crippen MR) is 133 cm³/mol. The van der Waals surface area contributed by atoms with Crippen LogP contribution in [0.3, 0.4) is 0 Å². The van der Waals surface area contributed by atoms with E-state index in [4.69, 9.17) is 9.84 Å². The quantitative estimate of drug-likeness (QED) is 0.524. The first-order valence-corrected chi connectivity index (χ1v) is 12.6. The topological polar surface area (TPSA) is 59.0 Å². The number of hydrogen-bond acceptors (Lipinski definition) is 4. The average molecular weight is 457 g/mol. The zero-order valence-electron chi connectivity index (χ0n) is 19.6. The van der Waals surface area contributed by atoms with Gasteiger partial charge in [0.25, 0.3) is 5.91 Å². The van der Waals surface area contributed by atoms with Gasteiger partial charge in [0, 0.05) is 5.92 Å². The fourth-order valence-corrected chi connectivity index (χ4v) is 5.60. The maximum atomic E-state index is 13.3. The molecule has 2 unspecified atom stereocenters. The predicted octanol–water partition coefficient (Wildman–Crippen LogP) is 5.93. The van der Waals surface area contributed by atoms with Crippen LogP contribution < -0.4 is 0 Å². The lowest BCUT2D eigenvalue weighted by Crippen LogP contribution is -2.35. The van der Waals surface area contributed by atoms with Crippen LogP contribution in [0.4, 0.5) is 0 Å². The third kappa shape index (κ3) is 4.84. The number of hydrazone groups is 1. The average Bonchev–Trinajstić information content (AvgIpc) is 3.29. The molecule has 3 aliphatic rings. The van der Waals surface area contributed by atoms with Gasteiger partial charge in [-0.2, -0.15) is 5.10 Å². The standard InChI is InChI=1S/C29H32N2O3/c32-26(20-34-29(33)23-15-8-3-9-16-23)31-28(22-13-6-2-7-14-22)25-18-10-17-24(27(25)30-31)19-21-11-4-1-5-12-21/h1-2,4-7,11-14,19,23,25,28H,3,8-10,15-18,20H2. The highest BCUT2D eigenvalue weighted by molar-refractivity contribution is 6.08. The number of carbonyl (C=O) groups is 2. The van der Waals surface area contributed by atoms with E-state index in [-0.39, 0.29) is 36.4 Å². The van der Waals surface area contributed by atoms with Gasteiger partial charge in [0.2, 0.25) is 0 Å². The summed E-state index contributed by atoms with van der Waals surface area (Å²) in [4.78, 5) is 25.9. The Morgan fingerprint density at radius 3 is 2.35 bits per heavy atom. The lowest BCUT2D eigenvalue weighted by Gasteiger charge is -2.29. The molecule has 2 aromatic carbocycles. The SMILES string of the molecule is O=C(OCC(=O)N1N=C2C(=Cc3ccccc3)CCCC2C1c1ccccc1)C1CCCCC1. The van der Waals surface area contributed by atoms with Gasteiger partial charge < -0.3 is 4.74 Å². The number of nitrogens with zero attached hydrogens (tertiary/aromatic N) is 2. The van der Waals surface area contributed by atoms with Gasteiger partial charge in [-0.25, -0.2) is 5.01 Å². The van der Waals surface area contributed by atoms with Crippen molar-refractivity contribution in [1.29, 1.82) is 0 Å². The molecule has 2 aromatic rings.